The second kappa shape index (κ2) is 7.47. The summed E-state index contributed by atoms with van der Waals surface area (Å²) in [6.07, 6.45) is 2.77. The molecule has 1 aromatic rings. The molecule has 1 saturated heterocycles. The fraction of sp³-hybridized carbons (Fsp3) is 0.389. The Balaban J connectivity index is 1.79. The predicted molar refractivity (Wildman–Crippen MR) is 88.5 cm³/mol. The molecule has 1 atom stereocenters. The number of carbonyl (C=O) groups is 5. The molecule has 4 amide bonds. The van der Waals surface area contributed by atoms with Crippen LogP contribution in [0.5, 0.6) is 5.75 Å². The lowest BCUT2D eigenvalue weighted by Gasteiger charge is -2.27. The Morgan fingerprint density at radius 2 is 1.96 bits per heavy atom. The Labute approximate surface area is 149 Å². The van der Waals surface area contributed by atoms with Crippen LogP contribution in [-0.2, 0) is 14.4 Å². The second-order valence-electron chi connectivity index (χ2n) is 6.14. The summed E-state index contributed by atoms with van der Waals surface area (Å²) >= 11 is 0. The van der Waals surface area contributed by atoms with Gasteiger partial charge in [0.05, 0.1) is 17.7 Å². The molecule has 0 aliphatic carbocycles. The first-order valence-corrected chi connectivity index (χ1v) is 8.45. The highest BCUT2D eigenvalue weighted by atomic mass is 16.5. The maximum Gasteiger partial charge on any atom is 0.266 e. The maximum absolute atomic E-state index is 12.8. The van der Waals surface area contributed by atoms with Gasteiger partial charge in [-0.3, -0.25) is 29.4 Å². The van der Waals surface area contributed by atoms with E-state index in [0.717, 1.165) is 11.2 Å². The molecule has 2 heterocycles. The molecule has 8 heteroatoms. The summed E-state index contributed by atoms with van der Waals surface area (Å²) in [6, 6.07) is 3.72. The van der Waals surface area contributed by atoms with Crippen molar-refractivity contribution < 1.29 is 28.7 Å². The zero-order valence-electron chi connectivity index (χ0n) is 14.0. The van der Waals surface area contributed by atoms with Gasteiger partial charge in [-0.15, -0.1) is 0 Å². The summed E-state index contributed by atoms with van der Waals surface area (Å²) in [6.45, 7) is 0.310. The molecule has 8 nitrogen and oxygen atoms in total. The van der Waals surface area contributed by atoms with Gasteiger partial charge in [-0.1, -0.05) is 6.07 Å². The Morgan fingerprint density at radius 1 is 1.15 bits per heavy atom. The molecule has 1 N–H and O–H groups in total. The van der Waals surface area contributed by atoms with E-state index in [4.69, 9.17) is 4.74 Å². The smallest absolute Gasteiger partial charge is 0.266 e. The largest absolute Gasteiger partial charge is 0.493 e. The van der Waals surface area contributed by atoms with Crippen LogP contribution in [0.15, 0.2) is 18.2 Å². The van der Waals surface area contributed by atoms with E-state index in [9.17, 15) is 24.0 Å². The molecule has 2 aliphatic heterocycles. The average molecular weight is 358 g/mol. The molecule has 0 aromatic heterocycles. The second-order valence-corrected chi connectivity index (χ2v) is 6.14. The van der Waals surface area contributed by atoms with Gasteiger partial charge in [0.1, 0.15) is 18.1 Å². The van der Waals surface area contributed by atoms with Gasteiger partial charge in [0, 0.05) is 12.8 Å². The van der Waals surface area contributed by atoms with E-state index in [1.165, 1.54) is 6.07 Å². The Morgan fingerprint density at radius 3 is 2.69 bits per heavy atom. The van der Waals surface area contributed by atoms with Gasteiger partial charge < -0.3 is 9.53 Å². The molecule has 3 rings (SSSR count). The van der Waals surface area contributed by atoms with Crippen molar-refractivity contribution >= 4 is 29.9 Å². The number of rotatable bonds is 7. The van der Waals surface area contributed by atoms with E-state index >= 15 is 0 Å². The van der Waals surface area contributed by atoms with Crippen LogP contribution in [0.3, 0.4) is 0 Å². The van der Waals surface area contributed by atoms with Gasteiger partial charge in [-0.25, -0.2) is 0 Å². The Bertz CT molecular complexity index is 788. The quantitative estimate of drug-likeness (QED) is 0.439. The van der Waals surface area contributed by atoms with Gasteiger partial charge >= 0.3 is 0 Å². The lowest BCUT2D eigenvalue weighted by atomic mass is 10.0. The Kier molecular flexibility index (Phi) is 5.11. The van der Waals surface area contributed by atoms with Crippen molar-refractivity contribution in [1.29, 1.82) is 0 Å². The maximum atomic E-state index is 12.8. The zero-order chi connectivity index (χ0) is 18.7. The summed E-state index contributed by atoms with van der Waals surface area (Å²) in [4.78, 5) is 60.0. The van der Waals surface area contributed by atoms with Gasteiger partial charge in [-0.05, 0) is 31.4 Å². The van der Waals surface area contributed by atoms with Crippen molar-refractivity contribution in [1.82, 2.24) is 10.2 Å². The zero-order valence-corrected chi connectivity index (χ0v) is 14.0. The van der Waals surface area contributed by atoms with E-state index in [1.807, 2.05) is 0 Å². The van der Waals surface area contributed by atoms with E-state index in [-0.39, 0.29) is 29.7 Å². The first-order chi connectivity index (χ1) is 12.5. The van der Waals surface area contributed by atoms with Crippen LogP contribution in [0.4, 0.5) is 0 Å². The van der Waals surface area contributed by atoms with Crippen LogP contribution in [0.25, 0.3) is 0 Å². The fourth-order valence-corrected chi connectivity index (χ4v) is 3.12. The number of hydrogen-bond donors (Lipinski definition) is 1. The molecular weight excluding hydrogens is 340 g/mol. The van der Waals surface area contributed by atoms with Crippen LogP contribution in [0.2, 0.25) is 0 Å². The highest BCUT2D eigenvalue weighted by Gasteiger charge is 2.45. The fourth-order valence-electron chi connectivity index (χ4n) is 3.12. The molecule has 1 unspecified atom stereocenters. The molecule has 0 spiro atoms. The highest BCUT2D eigenvalue weighted by molar-refractivity contribution is 6.24. The summed E-state index contributed by atoms with van der Waals surface area (Å²) in [5.41, 5.74) is 0.322. The first kappa shape index (κ1) is 17.8. The van der Waals surface area contributed by atoms with Crippen molar-refractivity contribution in [2.45, 2.75) is 38.1 Å². The van der Waals surface area contributed by atoms with Gasteiger partial charge in [0.25, 0.3) is 11.8 Å². The number of hydrogen-bond acceptors (Lipinski definition) is 6. The Hall–Kier alpha value is -3.03. The monoisotopic (exact) mass is 358 g/mol. The molecule has 26 heavy (non-hydrogen) atoms. The lowest BCUT2D eigenvalue weighted by Crippen LogP contribution is -2.54. The van der Waals surface area contributed by atoms with Crippen LogP contribution in [0, 0.1) is 0 Å². The molecule has 136 valence electrons. The number of nitrogens with one attached hydrogen (secondary N) is 1. The third-order valence-electron chi connectivity index (χ3n) is 4.40. The summed E-state index contributed by atoms with van der Waals surface area (Å²) in [7, 11) is 0. The normalized spacial score (nSPS) is 19.4. The number of unbranched alkanes of at least 4 members (excludes halogenated alkanes) is 2. The van der Waals surface area contributed by atoms with Crippen molar-refractivity contribution in [2.24, 2.45) is 0 Å². The molecule has 0 saturated carbocycles. The van der Waals surface area contributed by atoms with Crippen molar-refractivity contribution in [3.8, 4) is 5.75 Å². The van der Waals surface area contributed by atoms with Gasteiger partial charge in [0.15, 0.2) is 0 Å². The number of piperidine rings is 1. The minimum Gasteiger partial charge on any atom is -0.493 e. The van der Waals surface area contributed by atoms with E-state index in [2.05, 4.69) is 5.32 Å². The SMILES string of the molecule is O=CCCCCOc1cccc2c1C(=O)N(C1CCC(=O)NC1=O)C2=O. The molecular formula is C18H18N2O6. The number of ether oxygens (including phenoxy) is 1. The number of nitrogens with zero attached hydrogens (tertiary/aromatic N) is 1. The lowest BCUT2D eigenvalue weighted by molar-refractivity contribution is -0.136. The van der Waals surface area contributed by atoms with Crippen LogP contribution in [0.1, 0.15) is 52.8 Å². The van der Waals surface area contributed by atoms with Gasteiger partial charge in [-0.2, -0.15) is 0 Å². The summed E-state index contributed by atoms with van der Waals surface area (Å²) in [5.74, 6) is -1.94. The number of aldehydes is 1. The molecule has 0 radical (unpaired) electrons. The van der Waals surface area contributed by atoms with E-state index < -0.39 is 29.7 Å². The average Bonchev–Trinajstić information content (AvgIpc) is 2.87. The van der Waals surface area contributed by atoms with Crippen LogP contribution < -0.4 is 10.1 Å². The molecule has 0 bridgehead atoms. The van der Waals surface area contributed by atoms with Crippen LogP contribution >= 0.6 is 0 Å². The molecule has 1 aromatic carbocycles. The van der Waals surface area contributed by atoms with E-state index in [1.54, 1.807) is 12.1 Å². The summed E-state index contributed by atoms with van der Waals surface area (Å²) in [5, 5.41) is 2.16. The number of benzene rings is 1. The topological polar surface area (TPSA) is 110 Å². The highest BCUT2D eigenvalue weighted by Crippen LogP contribution is 2.33. The van der Waals surface area contributed by atoms with Crippen molar-refractivity contribution in [3.63, 3.8) is 0 Å². The summed E-state index contributed by atoms with van der Waals surface area (Å²) < 4.78 is 5.62. The molecule has 1 fully saturated rings. The number of fused-ring (bicyclic) bond motifs is 1. The van der Waals surface area contributed by atoms with Crippen molar-refractivity contribution in [3.05, 3.63) is 29.3 Å². The number of amides is 4. The van der Waals surface area contributed by atoms with Crippen LogP contribution in [-0.4, -0.2) is 47.5 Å². The standard InChI is InChI=1S/C18H18N2O6/c21-9-2-1-3-10-26-13-6-4-5-11-15(13)18(25)20(17(11)24)12-7-8-14(22)19-16(12)23/h4-6,9,12H,1-3,7-8,10H2,(H,19,22,23). The minimum atomic E-state index is -0.999. The predicted octanol–water partition coefficient (Wildman–Crippen LogP) is 0.836. The number of imide groups is 2. The number of carbonyl (C=O) groups excluding carboxylic acids is 5. The third kappa shape index (κ3) is 3.22. The van der Waals surface area contributed by atoms with Gasteiger partial charge in [0.2, 0.25) is 11.8 Å². The third-order valence-corrected chi connectivity index (χ3v) is 4.40. The first-order valence-electron chi connectivity index (χ1n) is 8.45. The van der Waals surface area contributed by atoms with E-state index in [0.29, 0.717) is 25.9 Å². The van der Waals surface area contributed by atoms with Crippen molar-refractivity contribution in [2.75, 3.05) is 6.61 Å². The molecule has 2 aliphatic rings. The minimum absolute atomic E-state index is 0.0733.